The maximum atomic E-state index is 8.81. The van der Waals surface area contributed by atoms with Crippen molar-refractivity contribution < 1.29 is 4.79 Å². The van der Waals surface area contributed by atoms with Gasteiger partial charge in [-0.2, -0.15) is 0 Å². The second kappa shape index (κ2) is 10.8. The zero-order chi connectivity index (χ0) is 13.6. The summed E-state index contributed by atoms with van der Waals surface area (Å²) in [5.41, 5.74) is 5.89. The summed E-state index contributed by atoms with van der Waals surface area (Å²) in [5.74, 6) is 0.461. The zero-order valence-corrected chi connectivity index (χ0v) is 10.0. The van der Waals surface area contributed by atoms with Crippen LogP contribution in [0.15, 0.2) is 48.9 Å². The van der Waals surface area contributed by atoms with Crippen LogP contribution in [0.3, 0.4) is 0 Å². The molecule has 0 aliphatic rings. The second-order valence-electron chi connectivity index (χ2n) is 2.81. The minimum atomic E-state index is 0.461. The fraction of sp³-hybridized carbons (Fsp3) is 0.0769. The Kier molecular flexibility index (Phi) is 9.13. The number of aromatic nitrogens is 2. The van der Waals surface area contributed by atoms with E-state index in [0.29, 0.717) is 11.5 Å². The molecule has 0 radical (unpaired) electrons. The topological polar surface area (TPSA) is 73.2 Å². The van der Waals surface area contributed by atoms with E-state index < -0.39 is 0 Å². The van der Waals surface area contributed by atoms with Gasteiger partial charge in [0.15, 0.2) is 5.69 Å². The Morgan fingerprint density at radius 2 is 1.89 bits per heavy atom. The zero-order valence-electron chi connectivity index (χ0n) is 10.0. The lowest BCUT2D eigenvalue weighted by molar-refractivity contribution is -0.106. The quantitative estimate of drug-likeness (QED) is 0.569. The van der Waals surface area contributed by atoms with Crippen molar-refractivity contribution in [1.29, 1.82) is 0 Å². The van der Waals surface area contributed by atoms with Crippen LogP contribution in [0.4, 0.5) is 11.5 Å². The van der Waals surface area contributed by atoms with Crippen LogP contribution in [0.25, 0.3) is 4.85 Å². The van der Waals surface area contributed by atoms with Gasteiger partial charge < -0.3 is 10.5 Å². The molecule has 2 N–H and O–H groups in total. The number of anilines is 1. The Bertz CT molecular complexity index is 465. The molecule has 0 saturated carbocycles. The number of aldehydes is 1. The highest BCUT2D eigenvalue weighted by atomic mass is 16.1. The Balaban J connectivity index is 0.000000267. The van der Waals surface area contributed by atoms with Gasteiger partial charge in [-0.3, -0.25) is 4.98 Å². The molecule has 0 amide bonds. The predicted molar refractivity (Wildman–Crippen MR) is 70.9 cm³/mol. The third-order valence-corrected chi connectivity index (χ3v) is 1.47. The number of rotatable bonds is 0. The molecule has 0 fully saturated rings. The molecule has 5 nitrogen and oxygen atoms in total. The number of para-hydroxylation sites is 1. The molecule has 0 bridgehead atoms. The highest BCUT2D eigenvalue weighted by Gasteiger charge is 1.79. The first-order valence-corrected chi connectivity index (χ1v) is 5.08. The Morgan fingerprint density at radius 1 is 1.28 bits per heavy atom. The van der Waals surface area contributed by atoms with Gasteiger partial charge in [0.05, 0.1) is 12.8 Å². The van der Waals surface area contributed by atoms with Crippen molar-refractivity contribution in [2.45, 2.75) is 6.92 Å². The van der Waals surface area contributed by atoms with Crippen LogP contribution in [-0.4, -0.2) is 16.3 Å². The summed E-state index contributed by atoms with van der Waals surface area (Å²) in [4.78, 5) is 19.4. The van der Waals surface area contributed by atoms with Crippen molar-refractivity contribution in [3.63, 3.8) is 0 Å². The molecule has 18 heavy (non-hydrogen) atoms. The smallest absolute Gasteiger partial charge is 0.187 e. The average molecular weight is 242 g/mol. The minimum absolute atomic E-state index is 0.461. The van der Waals surface area contributed by atoms with Crippen LogP contribution in [0.2, 0.25) is 0 Å². The Hall–Kier alpha value is -2.74. The molecule has 1 aromatic carbocycles. The molecule has 0 atom stereocenters. The van der Waals surface area contributed by atoms with Gasteiger partial charge in [0.2, 0.25) is 0 Å². The second-order valence-corrected chi connectivity index (χ2v) is 2.81. The monoisotopic (exact) mass is 242 g/mol. The third kappa shape index (κ3) is 8.56. The van der Waals surface area contributed by atoms with Gasteiger partial charge >= 0.3 is 0 Å². The molecule has 1 aromatic heterocycles. The molecule has 0 unspecified atom stereocenters. The number of nitrogens with zero attached hydrogens (tertiary/aromatic N) is 3. The summed E-state index contributed by atoms with van der Waals surface area (Å²) < 4.78 is 0. The van der Waals surface area contributed by atoms with Crippen LogP contribution in [0.1, 0.15) is 6.92 Å². The normalized spacial score (nSPS) is 7.56. The summed E-state index contributed by atoms with van der Waals surface area (Å²) in [5, 5.41) is 0. The molecule has 0 spiro atoms. The number of carbonyl (C=O) groups is 1. The summed E-state index contributed by atoms with van der Waals surface area (Å²) in [6, 6.07) is 9.18. The lowest BCUT2D eigenvalue weighted by atomic mass is 10.3. The van der Waals surface area contributed by atoms with E-state index in [-0.39, 0.29) is 0 Å². The van der Waals surface area contributed by atoms with Crippen LogP contribution < -0.4 is 5.73 Å². The van der Waals surface area contributed by atoms with E-state index >= 15 is 0 Å². The Morgan fingerprint density at radius 3 is 2.17 bits per heavy atom. The van der Waals surface area contributed by atoms with Crippen molar-refractivity contribution in [3.05, 3.63) is 60.3 Å². The average Bonchev–Trinajstić information content (AvgIpc) is 2.42. The van der Waals surface area contributed by atoms with E-state index in [0.717, 1.165) is 6.29 Å². The van der Waals surface area contributed by atoms with Gasteiger partial charge in [-0.25, -0.2) is 9.83 Å². The molecule has 2 rings (SSSR count). The van der Waals surface area contributed by atoms with Gasteiger partial charge in [-0.1, -0.05) is 30.3 Å². The largest absolute Gasteiger partial charge is 0.382 e. The van der Waals surface area contributed by atoms with Gasteiger partial charge in [-0.05, 0) is 6.92 Å². The molecule has 0 aliphatic carbocycles. The summed E-state index contributed by atoms with van der Waals surface area (Å²) in [6.07, 6.45) is 5.38. The first kappa shape index (κ1) is 15.3. The van der Waals surface area contributed by atoms with Crippen LogP contribution in [0.5, 0.6) is 0 Å². The summed E-state index contributed by atoms with van der Waals surface area (Å²) in [6.45, 7) is 8.01. The number of hydrogen-bond acceptors (Lipinski definition) is 4. The van der Waals surface area contributed by atoms with E-state index in [9.17, 15) is 0 Å². The van der Waals surface area contributed by atoms with Crippen molar-refractivity contribution in [2.75, 3.05) is 5.73 Å². The molecular weight excluding hydrogens is 228 g/mol. The highest BCUT2D eigenvalue weighted by Crippen LogP contribution is 2.07. The molecule has 0 aliphatic heterocycles. The summed E-state index contributed by atoms with van der Waals surface area (Å²) >= 11 is 0. The number of carbonyl (C=O) groups excluding carboxylic acids is 1. The molecule has 2 aromatic rings. The number of nitrogen functional groups attached to an aromatic ring is 1. The van der Waals surface area contributed by atoms with Gasteiger partial charge in [0.1, 0.15) is 12.1 Å². The standard InChI is InChI=1S/C7H5N.C4H5N3.C2H4O/c1-8-7-5-3-2-4-6-7;5-4-3-6-1-2-7-4;1-2-3/h2-6H;1-3H,(H2,5,7);2H,1H3. The summed E-state index contributed by atoms with van der Waals surface area (Å²) in [7, 11) is 0. The number of hydrogen-bond donors (Lipinski definition) is 1. The van der Waals surface area contributed by atoms with Crippen molar-refractivity contribution >= 4 is 17.8 Å². The van der Waals surface area contributed by atoms with Crippen molar-refractivity contribution in [2.24, 2.45) is 0 Å². The SMILES string of the molecule is CC=O.Nc1cnccn1.[C-]#[N+]c1ccccc1. The van der Waals surface area contributed by atoms with Crippen LogP contribution in [-0.2, 0) is 4.79 Å². The minimum Gasteiger partial charge on any atom is -0.382 e. The Labute approximate surface area is 106 Å². The maximum Gasteiger partial charge on any atom is 0.187 e. The molecule has 0 saturated heterocycles. The molecule has 5 heteroatoms. The van der Waals surface area contributed by atoms with Crippen molar-refractivity contribution in [1.82, 2.24) is 9.97 Å². The third-order valence-electron chi connectivity index (χ3n) is 1.47. The molecule has 1 heterocycles. The fourth-order valence-electron chi connectivity index (χ4n) is 0.813. The highest BCUT2D eigenvalue weighted by molar-refractivity contribution is 5.44. The van der Waals surface area contributed by atoms with E-state index in [1.807, 2.05) is 18.2 Å². The number of benzene rings is 1. The van der Waals surface area contributed by atoms with Crippen LogP contribution in [0, 0.1) is 6.57 Å². The van der Waals surface area contributed by atoms with E-state index in [4.69, 9.17) is 17.1 Å². The van der Waals surface area contributed by atoms with Gasteiger partial charge in [0, 0.05) is 12.4 Å². The van der Waals surface area contributed by atoms with Crippen molar-refractivity contribution in [3.8, 4) is 0 Å². The first-order valence-electron chi connectivity index (χ1n) is 5.08. The van der Waals surface area contributed by atoms with Gasteiger partial charge in [-0.15, -0.1) is 0 Å². The fourth-order valence-corrected chi connectivity index (χ4v) is 0.813. The lowest BCUT2D eigenvalue weighted by Crippen LogP contribution is -1.87. The molecule has 92 valence electrons. The lowest BCUT2D eigenvalue weighted by Gasteiger charge is -1.82. The first-order chi connectivity index (χ1) is 8.74. The van der Waals surface area contributed by atoms with E-state index in [1.165, 1.54) is 13.1 Å². The number of nitrogens with two attached hydrogens (primary N) is 1. The van der Waals surface area contributed by atoms with E-state index in [1.54, 1.807) is 24.5 Å². The maximum absolute atomic E-state index is 8.81. The molecular formula is C13H14N4O. The predicted octanol–water partition coefficient (Wildman–Crippen LogP) is 2.50. The van der Waals surface area contributed by atoms with Gasteiger partial charge in [0.25, 0.3) is 0 Å². The van der Waals surface area contributed by atoms with E-state index in [2.05, 4.69) is 14.8 Å². The van der Waals surface area contributed by atoms with Crippen LogP contribution >= 0.6 is 0 Å².